The zero-order valence-corrected chi connectivity index (χ0v) is 12.7. The number of rotatable bonds is 8. The molecule has 1 amide bonds. The zero-order chi connectivity index (χ0) is 16.5. The second-order valence-electron chi connectivity index (χ2n) is 5.04. The van der Waals surface area contributed by atoms with E-state index in [1.54, 1.807) is 0 Å². The van der Waals surface area contributed by atoms with Crippen molar-refractivity contribution in [3.05, 3.63) is 60.2 Å². The molecule has 0 unspecified atom stereocenters. The van der Waals surface area contributed by atoms with E-state index in [1.165, 1.54) is 4.90 Å². The Balaban J connectivity index is 1.96. The average molecular weight is 313 g/mol. The smallest absolute Gasteiger partial charge is 0.407 e. The summed E-state index contributed by atoms with van der Waals surface area (Å²) in [5.74, 6) is 1.46. The van der Waals surface area contributed by atoms with Crippen LogP contribution in [-0.4, -0.2) is 35.5 Å². The summed E-state index contributed by atoms with van der Waals surface area (Å²) in [6.45, 7) is 0.566. The molecule has 0 saturated carbocycles. The van der Waals surface area contributed by atoms with Crippen LogP contribution in [0.5, 0.6) is 11.5 Å². The van der Waals surface area contributed by atoms with Crippen molar-refractivity contribution >= 4 is 12.4 Å². The molecule has 2 rings (SSSR count). The summed E-state index contributed by atoms with van der Waals surface area (Å²) in [5.41, 5.74) is 0.982. The molecular weight excluding hydrogens is 294 g/mol. The lowest BCUT2D eigenvalue weighted by Crippen LogP contribution is -2.32. The highest BCUT2D eigenvalue weighted by molar-refractivity contribution is 5.65. The van der Waals surface area contributed by atoms with Gasteiger partial charge in [-0.3, -0.25) is 0 Å². The lowest BCUT2D eigenvalue weighted by Gasteiger charge is -2.18. The van der Waals surface area contributed by atoms with Crippen molar-refractivity contribution in [2.45, 2.75) is 12.8 Å². The van der Waals surface area contributed by atoms with E-state index < -0.39 is 6.09 Å². The van der Waals surface area contributed by atoms with E-state index in [-0.39, 0.29) is 13.0 Å². The number of benzene rings is 2. The second kappa shape index (κ2) is 8.58. The molecule has 0 atom stereocenters. The van der Waals surface area contributed by atoms with Gasteiger partial charge in [0.05, 0.1) is 0 Å². The molecule has 23 heavy (non-hydrogen) atoms. The molecule has 0 heterocycles. The minimum Gasteiger partial charge on any atom is -0.465 e. The fourth-order valence-electron chi connectivity index (χ4n) is 2.16. The van der Waals surface area contributed by atoms with Gasteiger partial charge in [0.15, 0.2) is 0 Å². The molecule has 0 aliphatic carbocycles. The maximum Gasteiger partial charge on any atom is 0.407 e. The quantitative estimate of drug-likeness (QED) is 0.756. The Labute approximate surface area is 135 Å². The fourth-order valence-corrected chi connectivity index (χ4v) is 2.16. The van der Waals surface area contributed by atoms with Crippen LogP contribution < -0.4 is 4.74 Å². The van der Waals surface area contributed by atoms with Gasteiger partial charge in [0.2, 0.25) is 0 Å². The Bertz CT molecular complexity index is 642. The summed E-state index contributed by atoms with van der Waals surface area (Å²) in [6.07, 6.45) is 0.494. The number of amides is 1. The summed E-state index contributed by atoms with van der Waals surface area (Å²) >= 11 is 0. The summed E-state index contributed by atoms with van der Waals surface area (Å²) in [7, 11) is 0. The highest BCUT2D eigenvalue weighted by Gasteiger charge is 2.11. The van der Waals surface area contributed by atoms with Crippen LogP contribution in [0.25, 0.3) is 0 Å². The van der Waals surface area contributed by atoms with Crippen molar-refractivity contribution in [1.29, 1.82) is 0 Å². The van der Waals surface area contributed by atoms with Crippen molar-refractivity contribution in [2.24, 2.45) is 0 Å². The predicted octanol–water partition coefficient (Wildman–Crippen LogP) is 3.59. The third kappa shape index (κ3) is 5.47. The summed E-state index contributed by atoms with van der Waals surface area (Å²) in [4.78, 5) is 22.8. The highest BCUT2D eigenvalue weighted by Crippen LogP contribution is 2.22. The van der Waals surface area contributed by atoms with Gasteiger partial charge in [-0.15, -0.1) is 0 Å². The lowest BCUT2D eigenvalue weighted by atomic mass is 10.1. The second-order valence-corrected chi connectivity index (χ2v) is 5.04. The SMILES string of the molecule is O=CCCN(CCc1cccc(Oc2ccccc2)c1)C(=O)O. The van der Waals surface area contributed by atoms with Crippen molar-refractivity contribution in [3.63, 3.8) is 0 Å². The molecule has 2 aromatic rings. The van der Waals surface area contributed by atoms with E-state index in [1.807, 2.05) is 54.6 Å². The van der Waals surface area contributed by atoms with Gasteiger partial charge in [-0.25, -0.2) is 4.79 Å². The molecule has 0 saturated heterocycles. The molecule has 0 aliphatic rings. The van der Waals surface area contributed by atoms with Crippen LogP contribution in [0.2, 0.25) is 0 Å². The van der Waals surface area contributed by atoms with Crippen molar-refractivity contribution in [2.75, 3.05) is 13.1 Å². The summed E-state index contributed by atoms with van der Waals surface area (Å²) in [5, 5.41) is 9.11. The van der Waals surface area contributed by atoms with Gasteiger partial charge in [0, 0.05) is 19.5 Å². The molecule has 0 aliphatic heterocycles. The molecule has 120 valence electrons. The number of ether oxygens (including phenoxy) is 1. The molecule has 0 aromatic heterocycles. The highest BCUT2D eigenvalue weighted by atomic mass is 16.5. The Hall–Kier alpha value is -2.82. The minimum absolute atomic E-state index is 0.212. The average Bonchev–Trinajstić information content (AvgIpc) is 2.56. The van der Waals surface area contributed by atoms with Crippen molar-refractivity contribution in [3.8, 4) is 11.5 Å². The Morgan fingerprint density at radius 2 is 1.78 bits per heavy atom. The number of nitrogens with zero attached hydrogens (tertiary/aromatic N) is 1. The van der Waals surface area contributed by atoms with Crippen molar-refractivity contribution in [1.82, 2.24) is 4.90 Å². The molecule has 5 heteroatoms. The number of hydrogen-bond donors (Lipinski definition) is 1. The Kier molecular flexibility index (Phi) is 6.17. The van der Waals surface area contributed by atoms with Gasteiger partial charge in [0.1, 0.15) is 17.8 Å². The Morgan fingerprint density at radius 3 is 2.48 bits per heavy atom. The topological polar surface area (TPSA) is 66.8 Å². The largest absolute Gasteiger partial charge is 0.465 e. The summed E-state index contributed by atoms with van der Waals surface area (Å²) in [6, 6.07) is 17.0. The first-order valence-corrected chi connectivity index (χ1v) is 7.42. The Morgan fingerprint density at radius 1 is 1.04 bits per heavy atom. The number of para-hydroxylation sites is 1. The molecule has 2 aromatic carbocycles. The molecule has 1 N–H and O–H groups in total. The monoisotopic (exact) mass is 313 g/mol. The number of carbonyl (C=O) groups is 2. The molecule has 0 spiro atoms. The maximum absolute atomic E-state index is 11.1. The third-order valence-corrected chi connectivity index (χ3v) is 3.34. The molecule has 5 nitrogen and oxygen atoms in total. The van der Waals surface area contributed by atoms with E-state index in [0.717, 1.165) is 17.6 Å². The van der Waals surface area contributed by atoms with Crippen LogP contribution in [0.15, 0.2) is 54.6 Å². The van der Waals surface area contributed by atoms with E-state index in [0.29, 0.717) is 18.7 Å². The normalized spacial score (nSPS) is 10.1. The molecular formula is C18H19NO4. The van der Waals surface area contributed by atoms with E-state index in [9.17, 15) is 9.59 Å². The van der Waals surface area contributed by atoms with Crippen LogP contribution in [0, 0.1) is 0 Å². The van der Waals surface area contributed by atoms with Crippen LogP contribution >= 0.6 is 0 Å². The fraction of sp³-hybridized carbons (Fsp3) is 0.222. The zero-order valence-electron chi connectivity index (χ0n) is 12.7. The predicted molar refractivity (Wildman–Crippen MR) is 86.9 cm³/mol. The van der Waals surface area contributed by atoms with Gasteiger partial charge in [-0.1, -0.05) is 30.3 Å². The van der Waals surface area contributed by atoms with E-state index in [2.05, 4.69) is 0 Å². The van der Waals surface area contributed by atoms with Crippen LogP contribution in [-0.2, 0) is 11.2 Å². The number of aldehydes is 1. The van der Waals surface area contributed by atoms with E-state index >= 15 is 0 Å². The molecule has 0 bridgehead atoms. The van der Waals surface area contributed by atoms with Gasteiger partial charge in [0.25, 0.3) is 0 Å². The van der Waals surface area contributed by atoms with Gasteiger partial charge in [-0.2, -0.15) is 0 Å². The van der Waals surface area contributed by atoms with E-state index in [4.69, 9.17) is 9.84 Å². The van der Waals surface area contributed by atoms with Gasteiger partial charge >= 0.3 is 6.09 Å². The molecule has 0 radical (unpaired) electrons. The first kappa shape index (κ1) is 16.5. The van der Waals surface area contributed by atoms with Crippen LogP contribution in [0.1, 0.15) is 12.0 Å². The first-order valence-electron chi connectivity index (χ1n) is 7.42. The number of carboxylic acid groups (broad SMARTS) is 1. The minimum atomic E-state index is -1.01. The van der Waals surface area contributed by atoms with Crippen LogP contribution in [0.4, 0.5) is 4.79 Å². The van der Waals surface area contributed by atoms with Crippen molar-refractivity contribution < 1.29 is 19.4 Å². The standard InChI is InChI=1S/C18H19NO4/c20-13-5-11-19(18(21)22)12-10-15-6-4-9-17(14-15)23-16-7-2-1-3-8-16/h1-4,6-9,13-14H,5,10-12H2,(H,21,22). The lowest BCUT2D eigenvalue weighted by molar-refractivity contribution is -0.108. The van der Waals surface area contributed by atoms with Gasteiger partial charge in [-0.05, 0) is 36.2 Å². The van der Waals surface area contributed by atoms with Gasteiger partial charge < -0.3 is 19.5 Å². The number of carbonyl (C=O) groups excluding carboxylic acids is 1. The molecule has 0 fully saturated rings. The third-order valence-electron chi connectivity index (χ3n) is 3.34. The number of hydrogen-bond acceptors (Lipinski definition) is 3. The summed E-state index contributed by atoms with van der Waals surface area (Å²) < 4.78 is 5.76. The maximum atomic E-state index is 11.1. The first-order chi connectivity index (χ1) is 11.2. The van der Waals surface area contributed by atoms with Crippen LogP contribution in [0.3, 0.4) is 0 Å².